The first kappa shape index (κ1) is 14.0. The van der Waals surface area contributed by atoms with E-state index in [2.05, 4.69) is 0 Å². The topological polar surface area (TPSA) is 26.9 Å². The lowest BCUT2D eigenvalue weighted by Crippen LogP contribution is -2.30. The van der Waals surface area contributed by atoms with Crippen molar-refractivity contribution in [1.82, 2.24) is 9.13 Å². The molecular formula is C16H13ClN2OS. The van der Waals surface area contributed by atoms with Gasteiger partial charge in [0.15, 0.2) is 0 Å². The summed E-state index contributed by atoms with van der Waals surface area (Å²) in [4.78, 5) is 12.7. The molecule has 0 atom stereocenters. The van der Waals surface area contributed by atoms with Gasteiger partial charge in [-0.05, 0) is 43.3 Å². The van der Waals surface area contributed by atoms with Gasteiger partial charge < -0.3 is 0 Å². The molecule has 21 heavy (non-hydrogen) atoms. The predicted molar refractivity (Wildman–Crippen MR) is 89.1 cm³/mol. The summed E-state index contributed by atoms with van der Waals surface area (Å²) in [5.74, 6) is 0. The Morgan fingerprint density at radius 1 is 1.10 bits per heavy atom. The summed E-state index contributed by atoms with van der Waals surface area (Å²) in [5, 5.41) is 1.53. The number of halogens is 1. The van der Waals surface area contributed by atoms with E-state index >= 15 is 0 Å². The Bertz CT molecular complexity index is 926. The van der Waals surface area contributed by atoms with Crippen LogP contribution >= 0.6 is 23.8 Å². The number of para-hydroxylation sites is 1. The fraction of sp³-hybridized carbons (Fsp3) is 0.125. The number of benzene rings is 2. The predicted octanol–water partition coefficient (Wildman–Crippen LogP) is 4.19. The molecule has 0 aliphatic rings. The highest BCUT2D eigenvalue weighted by molar-refractivity contribution is 7.71. The number of rotatable bonds is 2. The van der Waals surface area contributed by atoms with E-state index in [9.17, 15) is 4.79 Å². The van der Waals surface area contributed by atoms with Crippen LogP contribution in [0.15, 0.2) is 53.3 Å². The quantitative estimate of drug-likeness (QED) is 0.663. The highest BCUT2D eigenvalue weighted by atomic mass is 35.5. The lowest BCUT2D eigenvalue weighted by molar-refractivity contribution is 0.675. The first-order valence-corrected chi connectivity index (χ1v) is 7.42. The Balaban J connectivity index is 2.49. The Morgan fingerprint density at radius 3 is 2.43 bits per heavy atom. The molecule has 106 valence electrons. The molecule has 3 rings (SSSR count). The Kier molecular flexibility index (Phi) is 3.66. The van der Waals surface area contributed by atoms with Crippen LogP contribution in [0, 0.1) is 4.64 Å². The number of nitrogens with zero attached hydrogens (tertiary/aromatic N) is 2. The summed E-state index contributed by atoms with van der Waals surface area (Å²) in [5.41, 5.74) is 1.45. The van der Waals surface area contributed by atoms with Crippen molar-refractivity contribution >= 4 is 34.7 Å². The maximum atomic E-state index is 12.7. The highest BCUT2D eigenvalue weighted by Gasteiger charge is 2.11. The molecule has 0 saturated heterocycles. The number of aromatic nitrogens is 2. The molecule has 0 amide bonds. The first-order valence-electron chi connectivity index (χ1n) is 6.64. The fourth-order valence-corrected chi connectivity index (χ4v) is 2.93. The van der Waals surface area contributed by atoms with E-state index in [0.717, 1.165) is 16.6 Å². The van der Waals surface area contributed by atoms with E-state index in [1.165, 1.54) is 0 Å². The molecule has 0 aliphatic heterocycles. The molecule has 0 aliphatic carbocycles. The molecule has 0 N–H and O–H groups in total. The Hall–Kier alpha value is -1.91. The van der Waals surface area contributed by atoms with Crippen LogP contribution < -0.4 is 5.69 Å². The lowest BCUT2D eigenvalue weighted by Gasteiger charge is -2.14. The molecule has 3 aromatic rings. The maximum absolute atomic E-state index is 12.7. The molecule has 0 unspecified atom stereocenters. The lowest BCUT2D eigenvalue weighted by atomic mass is 10.2. The van der Waals surface area contributed by atoms with Crippen LogP contribution in [0.3, 0.4) is 0 Å². The standard InChI is InChI=1S/C16H13ClN2OS/c1-2-18-15(21)13-5-3-4-6-14(13)19(16(18)20)12-9-7-11(17)8-10-12/h3-10H,2H2,1H3. The molecule has 1 aromatic heterocycles. The summed E-state index contributed by atoms with van der Waals surface area (Å²) < 4.78 is 3.85. The molecule has 0 fully saturated rings. The monoisotopic (exact) mass is 316 g/mol. The molecule has 2 aromatic carbocycles. The Morgan fingerprint density at radius 2 is 1.76 bits per heavy atom. The summed E-state index contributed by atoms with van der Waals surface area (Å²) in [6, 6.07) is 14.9. The molecular weight excluding hydrogens is 304 g/mol. The van der Waals surface area contributed by atoms with E-state index in [0.29, 0.717) is 16.2 Å². The zero-order chi connectivity index (χ0) is 15.0. The Labute approximate surface area is 132 Å². The third-order valence-electron chi connectivity index (χ3n) is 3.44. The summed E-state index contributed by atoms with van der Waals surface area (Å²) in [7, 11) is 0. The van der Waals surface area contributed by atoms with Gasteiger partial charge in [0, 0.05) is 17.0 Å². The van der Waals surface area contributed by atoms with E-state index in [1.807, 2.05) is 43.3 Å². The summed E-state index contributed by atoms with van der Waals surface area (Å²) in [6.07, 6.45) is 0. The van der Waals surface area contributed by atoms with Gasteiger partial charge in [-0.15, -0.1) is 0 Å². The van der Waals surface area contributed by atoms with Gasteiger partial charge in [-0.1, -0.05) is 36.0 Å². The average molecular weight is 317 g/mol. The van der Waals surface area contributed by atoms with Gasteiger partial charge in [-0.3, -0.25) is 9.13 Å². The van der Waals surface area contributed by atoms with Gasteiger partial charge in [0.05, 0.1) is 11.2 Å². The van der Waals surface area contributed by atoms with Gasteiger partial charge in [0.2, 0.25) is 0 Å². The van der Waals surface area contributed by atoms with Crippen LogP contribution in [0.25, 0.3) is 16.6 Å². The van der Waals surface area contributed by atoms with Gasteiger partial charge in [-0.2, -0.15) is 0 Å². The number of fused-ring (bicyclic) bond motifs is 1. The van der Waals surface area contributed by atoms with Gasteiger partial charge in [-0.25, -0.2) is 4.79 Å². The second kappa shape index (κ2) is 5.47. The van der Waals surface area contributed by atoms with Crippen LogP contribution in [0.5, 0.6) is 0 Å². The smallest absolute Gasteiger partial charge is 0.284 e. The van der Waals surface area contributed by atoms with E-state index in [-0.39, 0.29) is 5.69 Å². The van der Waals surface area contributed by atoms with Crippen molar-refractivity contribution in [1.29, 1.82) is 0 Å². The van der Waals surface area contributed by atoms with Crippen LogP contribution in [0.4, 0.5) is 0 Å². The molecule has 0 radical (unpaired) electrons. The molecule has 0 saturated carbocycles. The second-order valence-corrected chi connectivity index (χ2v) is 5.48. The second-order valence-electron chi connectivity index (χ2n) is 4.66. The van der Waals surface area contributed by atoms with Crippen molar-refractivity contribution < 1.29 is 0 Å². The van der Waals surface area contributed by atoms with Crippen molar-refractivity contribution in [2.24, 2.45) is 0 Å². The fourth-order valence-electron chi connectivity index (χ4n) is 2.42. The SMILES string of the molecule is CCn1c(=S)c2ccccc2n(-c2ccc(Cl)cc2)c1=O. The van der Waals surface area contributed by atoms with E-state index in [1.54, 1.807) is 21.3 Å². The van der Waals surface area contributed by atoms with E-state index < -0.39 is 0 Å². The van der Waals surface area contributed by atoms with Crippen LogP contribution in [-0.2, 0) is 6.54 Å². The maximum Gasteiger partial charge on any atom is 0.334 e. The largest absolute Gasteiger partial charge is 0.334 e. The molecule has 3 nitrogen and oxygen atoms in total. The van der Waals surface area contributed by atoms with Crippen molar-refractivity contribution in [3.8, 4) is 5.69 Å². The van der Waals surface area contributed by atoms with Crippen molar-refractivity contribution in [3.05, 3.63) is 68.7 Å². The normalized spacial score (nSPS) is 11.0. The highest BCUT2D eigenvalue weighted by Crippen LogP contribution is 2.19. The van der Waals surface area contributed by atoms with Gasteiger partial charge >= 0.3 is 5.69 Å². The summed E-state index contributed by atoms with van der Waals surface area (Å²) >= 11 is 11.4. The number of hydrogen-bond acceptors (Lipinski definition) is 2. The van der Waals surface area contributed by atoms with Gasteiger partial charge in [0.25, 0.3) is 0 Å². The van der Waals surface area contributed by atoms with Crippen molar-refractivity contribution in [3.63, 3.8) is 0 Å². The van der Waals surface area contributed by atoms with Crippen molar-refractivity contribution in [2.45, 2.75) is 13.5 Å². The minimum atomic E-state index is -0.136. The molecule has 0 spiro atoms. The zero-order valence-electron chi connectivity index (χ0n) is 11.4. The minimum absolute atomic E-state index is 0.136. The summed E-state index contributed by atoms with van der Waals surface area (Å²) in [6.45, 7) is 2.45. The third kappa shape index (κ3) is 2.30. The molecule has 0 bridgehead atoms. The minimum Gasteiger partial charge on any atom is -0.284 e. The van der Waals surface area contributed by atoms with Gasteiger partial charge in [0.1, 0.15) is 4.64 Å². The first-order chi connectivity index (χ1) is 10.1. The number of hydrogen-bond donors (Lipinski definition) is 0. The van der Waals surface area contributed by atoms with Crippen LogP contribution in [0.1, 0.15) is 6.92 Å². The third-order valence-corrected chi connectivity index (χ3v) is 4.14. The van der Waals surface area contributed by atoms with Crippen molar-refractivity contribution in [2.75, 3.05) is 0 Å². The molecule has 1 heterocycles. The van der Waals surface area contributed by atoms with Crippen LogP contribution in [0.2, 0.25) is 5.02 Å². The zero-order valence-corrected chi connectivity index (χ0v) is 13.0. The average Bonchev–Trinajstić information content (AvgIpc) is 2.50. The molecule has 5 heteroatoms. The van der Waals surface area contributed by atoms with Crippen LogP contribution in [-0.4, -0.2) is 9.13 Å². The van der Waals surface area contributed by atoms with E-state index in [4.69, 9.17) is 23.8 Å².